The smallest absolute Gasteiger partial charge is 0.331 e. The maximum absolute atomic E-state index is 10.8. The first-order valence-electron chi connectivity index (χ1n) is 14.6. The summed E-state index contributed by atoms with van der Waals surface area (Å²) < 4.78 is 17.7. The zero-order valence-corrected chi connectivity index (χ0v) is 25.0. The van der Waals surface area contributed by atoms with Crippen molar-refractivity contribution in [3.8, 4) is 58.2 Å². The Labute approximate surface area is 271 Å². The van der Waals surface area contributed by atoms with Gasteiger partial charge in [0, 0.05) is 12.1 Å². The molecular formula is C34H23N9O5. The predicted octanol–water partition coefficient (Wildman–Crippen LogP) is 6.44. The molecule has 0 amide bonds. The maximum Gasteiger partial charge on any atom is 0.331 e. The van der Waals surface area contributed by atoms with E-state index in [1.54, 1.807) is 36.4 Å². The van der Waals surface area contributed by atoms with Gasteiger partial charge in [-0.15, -0.1) is 44.9 Å². The Bertz CT molecular complexity index is 2230. The summed E-state index contributed by atoms with van der Waals surface area (Å²) in [5, 5.41) is 39.3. The minimum Gasteiger partial charge on any atom is -0.505 e. The molecule has 3 heterocycles. The number of phenolic OH excluding ortho intramolecular Hbond substituents is 2. The average molecular weight is 638 g/mol. The second-order valence-electron chi connectivity index (χ2n) is 10.6. The molecule has 5 aromatic carbocycles. The fourth-order valence-electron chi connectivity index (χ4n) is 4.79. The number of aromatic nitrogens is 9. The van der Waals surface area contributed by atoms with Gasteiger partial charge in [-0.05, 0) is 67.6 Å². The summed E-state index contributed by atoms with van der Waals surface area (Å²) in [6.45, 7) is 1.96. The van der Waals surface area contributed by atoms with Crippen LogP contribution < -0.4 is 14.2 Å². The standard InChI is InChI=1S/C34H23N9O5/c1-20-10-12-21(13-11-20)46-32-35-33(47-22-14-16-28(30(44)18-22)42-38-24-6-2-3-7-25(24)39-42)37-34(36-32)48-23-15-17-29(31(45)19-23)43-40-26-8-4-5-9-27(26)41-43/h2-19,44-45H,1H3. The molecule has 0 fully saturated rings. The number of hydrogen-bond acceptors (Lipinski definition) is 12. The van der Waals surface area contributed by atoms with Crippen LogP contribution in [0, 0.1) is 6.92 Å². The number of aromatic hydroxyl groups is 2. The van der Waals surface area contributed by atoms with E-state index in [-0.39, 0.29) is 41.0 Å². The molecule has 8 aromatic rings. The fourth-order valence-corrected chi connectivity index (χ4v) is 4.79. The van der Waals surface area contributed by atoms with Crippen LogP contribution in [-0.2, 0) is 0 Å². The number of ether oxygens (including phenoxy) is 3. The van der Waals surface area contributed by atoms with Gasteiger partial charge in [-0.25, -0.2) is 0 Å². The van der Waals surface area contributed by atoms with Gasteiger partial charge < -0.3 is 24.4 Å². The predicted molar refractivity (Wildman–Crippen MR) is 172 cm³/mol. The maximum atomic E-state index is 10.8. The van der Waals surface area contributed by atoms with Crippen LogP contribution >= 0.6 is 0 Å². The van der Waals surface area contributed by atoms with Crippen LogP contribution in [0.5, 0.6) is 46.8 Å². The molecule has 14 nitrogen and oxygen atoms in total. The highest BCUT2D eigenvalue weighted by molar-refractivity contribution is 5.74. The normalized spacial score (nSPS) is 11.2. The molecule has 0 radical (unpaired) electrons. The van der Waals surface area contributed by atoms with Crippen LogP contribution in [0.25, 0.3) is 33.4 Å². The topological polar surface area (TPSA) is 168 Å². The Hall–Kier alpha value is -7.09. The largest absolute Gasteiger partial charge is 0.505 e. The van der Waals surface area contributed by atoms with Crippen molar-refractivity contribution in [2.75, 3.05) is 0 Å². The van der Waals surface area contributed by atoms with Crippen LogP contribution in [0.1, 0.15) is 5.56 Å². The second-order valence-corrected chi connectivity index (χ2v) is 10.6. The summed E-state index contributed by atoms with van der Waals surface area (Å²) in [6.07, 6.45) is 0. The Morgan fingerprint density at radius 2 is 0.812 bits per heavy atom. The van der Waals surface area contributed by atoms with Crippen molar-refractivity contribution in [3.63, 3.8) is 0 Å². The zero-order chi connectivity index (χ0) is 32.6. The number of rotatable bonds is 8. The third kappa shape index (κ3) is 5.72. The van der Waals surface area contributed by atoms with E-state index in [0.717, 1.165) is 5.56 Å². The molecule has 0 aliphatic carbocycles. The first-order chi connectivity index (χ1) is 23.4. The van der Waals surface area contributed by atoms with Crippen molar-refractivity contribution in [1.29, 1.82) is 0 Å². The van der Waals surface area contributed by atoms with Crippen molar-refractivity contribution in [2.45, 2.75) is 6.92 Å². The lowest BCUT2D eigenvalue weighted by molar-refractivity contribution is 0.360. The quantitative estimate of drug-likeness (QED) is 0.187. The van der Waals surface area contributed by atoms with Crippen molar-refractivity contribution >= 4 is 22.1 Å². The molecule has 0 saturated carbocycles. The highest BCUT2D eigenvalue weighted by atomic mass is 16.5. The highest BCUT2D eigenvalue weighted by Crippen LogP contribution is 2.33. The Balaban J connectivity index is 1.08. The van der Waals surface area contributed by atoms with Gasteiger partial charge in [0.2, 0.25) is 0 Å². The Kier molecular flexibility index (Phi) is 6.91. The molecule has 0 bridgehead atoms. The summed E-state index contributed by atoms with van der Waals surface area (Å²) in [4.78, 5) is 15.6. The molecule has 0 aliphatic rings. The van der Waals surface area contributed by atoms with Gasteiger partial charge in [0.15, 0.2) is 0 Å². The molecule has 8 rings (SSSR count). The van der Waals surface area contributed by atoms with Crippen LogP contribution in [0.15, 0.2) is 109 Å². The molecule has 3 aromatic heterocycles. The van der Waals surface area contributed by atoms with Gasteiger partial charge in [-0.3, -0.25) is 0 Å². The Morgan fingerprint density at radius 1 is 0.458 bits per heavy atom. The average Bonchev–Trinajstić information content (AvgIpc) is 3.70. The van der Waals surface area contributed by atoms with E-state index in [4.69, 9.17) is 14.2 Å². The molecule has 14 heteroatoms. The SMILES string of the molecule is Cc1ccc(Oc2nc(Oc3ccc(-n4nc5ccccc5n4)c(O)c3)nc(Oc3ccc(-n4nc5ccccc5n4)c(O)c3)n2)cc1. The molecule has 0 saturated heterocycles. The molecule has 0 spiro atoms. The molecule has 0 unspecified atom stereocenters. The fraction of sp³-hybridized carbons (Fsp3) is 0.0294. The number of aryl methyl sites for hydroxylation is 1. The third-order valence-electron chi connectivity index (χ3n) is 7.12. The molecule has 0 atom stereocenters. The van der Waals surface area contributed by atoms with Crippen LogP contribution in [0.2, 0.25) is 0 Å². The number of hydrogen-bond donors (Lipinski definition) is 2. The lowest BCUT2D eigenvalue weighted by Gasteiger charge is -2.11. The molecule has 234 valence electrons. The lowest BCUT2D eigenvalue weighted by Crippen LogP contribution is -2.02. The minimum absolute atomic E-state index is 0.111. The van der Waals surface area contributed by atoms with E-state index in [2.05, 4.69) is 35.3 Å². The van der Waals surface area contributed by atoms with E-state index in [0.29, 0.717) is 39.2 Å². The van der Waals surface area contributed by atoms with Gasteiger partial charge in [-0.2, -0.15) is 0 Å². The second kappa shape index (κ2) is 11.7. The number of benzene rings is 5. The van der Waals surface area contributed by atoms with Gasteiger partial charge in [0.1, 0.15) is 62.2 Å². The van der Waals surface area contributed by atoms with E-state index < -0.39 is 0 Å². The van der Waals surface area contributed by atoms with Crippen LogP contribution in [-0.4, -0.2) is 55.2 Å². The van der Waals surface area contributed by atoms with Crippen molar-refractivity contribution in [2.24, 2.45) is 0 Å². The van der Waals surface area contributed by atoms with Gasteiger partial charge in [0.05, 0.1) is 0 Å². The van der Waals surface area contributed by atoms with Crippen LogP contribution in [0.3, 0.4) is 0 Å². The summed E-state index contributed by atoms with van der Waals surface area (Å²) in [5.41, 5.74) is 4.49. The summed E-state index contributed by atoms with van der Waals surface area (Å²) >= 11 is 0. The van der Waals surface area contributed by atoms with Gasteiger partial charge >= 0.3 is 18.0 Å². The first-order valence-corrected chi connectivity index (χ1v) is 14.6. The van der Waals surface area contributed by atoms with E-state index in [9.17, 15) is 10.2 Å². The number of phenols is 2. The zero-order valence-electron chi connectivity index (χ0n) is 25.0. The number of nitrogens with zero attached hydrogens (tertiary/aromatic N) is 9. The Morgan fingerprint density at radius 3 is 1.19 bits per heavy atom. The molecule has 48 heavy (non-hydrogen) atoms. The van der Waals surface area contributed by atoms with Gasteiger partial charge in [-0.1, -0.05) is 42.0 Å². The molecular weight excluding hydrogens is 614 g/mol. The van der Waals surface area contributed by atoms with Crippen molar-refractivity contribution < 1.29 is 24.4 Å². The molecule has 2 N–H and O–H groups in total. The lowest BCUT2D eigenvalue weighted by atomic mass is 10.2. The van der Waals surface area contributed by atoms with Crippen molar-refractivity contribution in [3.05, 3.63) is 115 Å². The van der Waals surface area contributed by atoms with Gasteiger partial charge in [0.25, 0.3) is 0 Å². The highest BCUT2D eigenvalue weighted by Gasteiger charge is 2.17. The summed E-state index contributed by atoms with van der Waals surface area (Å²) in [7, 11) is 0. The van der Waals surface area contributed by atoms with E-state index in [1.165, 1.54) is 21.7 Å². The minimum atomic E-state index is -0.175. The summed E-state index contributed by atoms with van der Waals surface area (Å²) in [5.74, 6) is 0.639. The summed E-state index contributed by atoms with van der Waals surface area (Å²) in [6, 6.07) is 30.8. The monoisotopic (exact) mass is 637 g/mol. The van der Waals surface area contributed by atoms with Crippen molar-refractivity contribution in [1.82, 2.24) is 44.9 Å². The molecule has 0 aliphatic heterocycles. The van der Waals surface area contributed by atoms with Crippen LogP contribution in [0.4, 0.5) is 0 Å². The first kappa shape index (κ1) is 28.4. The number of fused-ring (bicyclic) bond motifs is 2. The third-order valence-corrected chi connectivity index (χ3v) is 7.12. The van der Waals surface area contributed by atoms with E-state index >= 15 is 0 Å². The van der Waals surface area contributed by atoms with E-state index in [1.807, 2.05) is 67.6 Å².